The summed E-state index contributed by atoms with van der Waals surface area (Å²) in [5, 5.41) is 8.66. The summed E-state index contributed by atoms with van der Waals surface area (Å²) in [6.07, 6.45) is 2.44. The third-order valence-electron chi connectivity index (χ3n) is 2.60. The molecule has 0 atom stereocenters. The molecule has 2 rings (SSSR count). The van der Waals surface area contributed by atoms with Gasteiger partial charge in [0.25, 0.3) is 0 Å². The van der Waals surface area contributed by atoms with Crippen molar-refractivity contribution in [1.29, 1.82) is 0 Å². The number of imidazole rings is 1. The van der Waals surface area contributed by atoms with Crippen molar-refractivity contribution < 1.29 is 9.90 Å². The highest BCUT2D eigenvalue weighted by atomic mass is 79.9. The number of aliphatic carboxylic acids is 1. The van der Waals surface area contributed by atoms with E-state index in [1.807, 2.05) is 42.1 Å². The van der Waals surface area contributed by atoms with Gasteiger partial charge in [0.15, 0.2) is 0 Å². The number of carbonyl (C=O) groups is 1. The molecule has 1 N–H and O–H groups in total. The van der Waals surface area contributed by atoms with Crippen LogP contribution in [0.4, 0.5) is 0 Å². The van der Waals surface area contributed by atoms with Crippen LogP contribution in [-0.4, -0.2) is 20.6 Å². The van der Waals surface area contributed by atoms with Crippen LogP contribution < -0.4 is 0 Å². The molecule has 94 valence electrons. The van der Waals surface area contributed by atoms with E-state index in [1.165, 1.54) is 0 Å². The molecule has 0 bridgehead atoms. The molecule has 0 aliphatic rings. The molecule has 0 unspecified atom stereocenters. The Labute approximate surface area is 113 Å². The topological polar surface area (TPSA) is 55.1 Å². The number of carboxylic acids is 1. The molecule has 0 saturated heterocycles. The smallest absolute Gasteiger partial charge is 0.303 e. The third-order valence-corrected chi connectivity index (χ3v) is 3.10. The van der Waals surface area contributed by atoms with Gasteiger partial charge in [0.1, 0.15) is 5.82 Å². The monoisotopic (exact) mass is 308 g/mol. The predicted octanol–water partition coefficient (Wildman–Crippen LogP) is 2.87. The third kappa shape index (κ3) is 2.98. The molecule has 18 heavy (non-hydrogen) atoms. The summed E-state index contributed by atoms with van der Waals surface area (Å²) >= 11 is 3.43. The molecule has 0 fully saturated rings. The fourth-order valence-corrected chi connectivity index (χ4v) is 2.18. The van der Waals surface area contributed by atoms with E-state index in [2.05, 4.69) is 20.9 Å². The molecule has 0 radical (unpaired) electrons. The number of benzene rings is 1. The van der Waals surface area contributed by atoms with E-state index >= 15 is 0 Å². The summed E-state index contributed by atoms with van der Waals surface area (Å²) in [7, 11) is 1.91. The minimum Gasteiger partial charge on any atom is -0.481 e. The van der Waals surface area contributed by atoms with Gasteiger partial charge in [-0.15, -0.1) is 0 Å². The molecule has 5 heteroatoms. The molecule has 1 heterocycles. The van der Waals surface area contributed by atoms with Gasteiger partial charge < -0.3 is 9.67 Å². The molecule has 1 aromatic carbocycles. The Balaban J connectivity index is 2.26. The second-order valence-electron chi connectivity index (χ2n) is 4.07. The van der Waals surface area contributed by atoms with Gasteiger partial charge in [-0.3, -0.25) is 4.79 Å². The lowest BCUT2D eigenvalue weighted by Crippen LogP contribution is -1.97. The lowest BCUT2D eigenvalue weighted by atomic mass is 10.2. The first-order valence-corrected chi connectivity index (χ1v) is 6.35. The fourth-order valence-electron chi connectivity index (χ4n) is 1.78. The first-order chi connectivity index (χ1) is 8.56. The first-order valence-electron chi connectivity index (χ1n) is 5.56. The Hall–Kier alpha value is -1.62. The molecule has 0 saturated carbocycles. The maximum atomic E-state index is 10.5. The molecule has 2 aromatic rings. The summed E-state index contributed by atoms with van der Waals surface area (Å²) in [5.41, 5.74) is 1.81. The van der Waals surface area contributed by atoms with Crippen LogP contribution in [0.15, 0.2) is 34.9 Å². The molecule has 0 spiro atoms. The molecule has 1 aromatic heterocycles. The Morgan fingerprint density at radius 1 is 1.50 bits per heavy atom. The second kappa shape index (κ2) is 5.35. The number of aryl methyl sites for hydroxylation is 2. The van der Waals surface area contributed by atoms with E-state index in [1.54, 1.807) is 0 Å². The Morgan fingerprint density at radius 2 is 2.28 bits per heavy atom. The molecule has 0 amide bonds. The lowest BCUT2D eigenvalue weighted by molar-refractivity contribution is -0.136. The molecule has 0 aliphatic heterocycles. The van der Waals surface area contributed by atoms with Crippen molar-refractivity contribution in [3.8, 4) is 11.4 Å². The van der Waals surface area contributed by atoms with Crippen LogP contribution in [0.3, 0.4) is 0 Å². The Bertz CT molecular complexity index is 578. The minimum absolute atomic E-state index is 0.106. The van der Waals surface area contributed by atoms with E-state index in [9.17, 15) is 4.79 Å². The Morgan fingerprint density at radius 3 is 2.94 bits per heavy atom. The van der Waals surface area contributed by atoms with Gasteiger partial charge in [-0.05, 0) is 12.1 Å². The molecule has 0 aliphatic carbocycles. The van der Waals surface area contributed by atoms with Crippen LogP contribution >= 0.6 is 15.9 Å². The highest BCUT2D eigenvalue weighted by molar-refractivity contribution is 9.10. The van der Waals surface area contributed by atoms with Crippen molar-refractivity contribution >= 4 is 21.9 Å². The van der Waals surface area contributed by atoms with Gasteiger partial charge in [-0.1, -0.05) is 28.1 Å². The largest absolute Gasteiger partial charge is 0.481 e. The zero-order valence-electron chi connectivity index (χ0n) is 9.93. The number of nitrogens with zero attached hydrogens (tertiary/aromatic N) is 2. The first kappa shape index (κ1) is 12.8. The average molecular weight is 309 g/mol. The van der Waals surface area contributed by atoms with Crippen molar-refractivity contribution in [2.45, 2.75) is 12.8 Å². The molecular formula is C13H13BrN2O2. The molecule has 4 nitrogen and oxygen atoms in total. The summed E-state index contributed by atoms with van der Waals surface area (Å²) in [4.78, 5) is 15.0. The van der Waals surface area contributed by atoms with Gasteiger partial charge in [0.2, 0.25) is 0 Å². The van der Waals surface area contributed by atoms with Crippen molar-refractivity contribution in [3.05, 3.63) is 40.6 Å². The zero-order chi connectivity index (χ0) is 13.1. The van der Waals surface area contributed by atoms with Gasteiger partial charge in [-0.2, -0.15) is 0 Å². The SMILES string of the molecule is Cn1cc(CCC(=O)O)nc1-c1cccc(Br)c1. The van der Waals surface area contributed by atoms with E-state index in [-0.39, 0.29) is 6.42 Å². The van der Waals surface area contributed by atoms with Gasteiger partial charge in [0.05, 0.1) is 12.1 Å². The normalized spacial score (nSPS) is 10.6. The molecular weight excluding hydrogens is 296 g/mol. The average Bonchev–Trinajstić information content (AvgIpc) is 2.68. The van der Waals surface area contributed by atoms with Crippen molar-refractivity contribution in [3.63, 3.8) is 0 Å². The number of hydrogen-bond donors (Lipinski definition) is 1. The number of rotatable bonds is 4. The highest BCUT2D eigenvalue weighted by Gasteiger charge is 2.09. The van der Waals surface area contributed by atoms with Crippen molar-refractivity contribution in [1.82, 2.24) is 9.55 Å². The van der Waals surface area contributed by atoms with Crippen molar-refractivity contribution in [2.24, 2.45) is 7.05 Å². The quantitative estimate of drug-likeness (QED) is 0.945. The Kier molecular flexibility index (Phi) is 3.81. The van der Waals surface area contributed by atoms with E-state index in [4.69, 9.17) is 5.11 Å². The van der Waals surface area contributed by atoms with Crippen LogP contribution in [0.5, 0.6) is 0 Å². The van der Waals surface area contributed by atoms with Gasteiger partial charge >= 0.3 is 5.97 Å². The van der Waals surface area contributed by atoms with Gasteiger partial charge in [-0.25, -0.2) is 4.98 Å². The van der Waals surface area contributed by atoms with E-state index < -0.39 is 5.97 Å². The summed E-state index contributed by atoms with van der Waals surface area (Å²) in [5.74, 6) is 0.0429. The van der Waals surface area contributed by atoms with Crippen LogP contribution in [0.2, 0.25) is 0 Å². The highest BCUT2D eigenvalue weighted by Crippen LogP contribution is 2.22. The zero-order valence-corrected chi connectivity index (χ0v) is 11.5. The van der Waals surface area contributed by atoms with E-state index in [0.29, 0.717) is 6.42 Å². The van der Waals surface area contributed by atoms with Crippen molar-refractivity contribution in [2.75, 3.05) is 0 Å². The van der Waals surface area contributed by atoms with Crippen LogP contribution in [0.25, 0.3) is 11.4 Å². The standard InChI is InChI=1S/C13H13BrN2O2/c1-16-8-11(5-6-12(17)18)15-13(16)9-3-2-4-10(14)7-9/h2-4,7-8H,5-6H2,1H3,(H,17,18). The fraction of sp³-hybridized carbons (Fsp3) is 0.231. The number of halogens is 1. The summed E-state index contributed by atoms with van der Waals surface area (Å²) in [6, 6.07) is 7.88. The van der Waals surface area contributed by atoms with Crippen LogP contribution in [0, 0.1) is 0 Å². The maximum Gasteiger partial charge on any atom is 0.303 e. The van der Waals surface area contributed by atoms with E-state index in [0.717, 1.165) is 21.6 Å². The number of carboxylic acid groups (broad SMARTS) is 1. The minimum atomic E-state index is -0.801. The number of aromatic nitrogens is 2. The lowest BCUT2D eigenvalue weighted by Gasteiger charge is -2.01. The van der Waals surface area contributed by atoms with Crippen LogP contribution in [0.1, 0.15) is 12.1 Å². The van der Waals surface area contributed by atoms with Crippen LogP contribution in [-0.2, 0) is 18.3 Å². The summed E-state index contributed by atoms with van der Waals surface area (Å²) in [6.45, 7) is 0. The maximum absolute atomic E-state index is 10.5. The predicted molar refractivity (Wildman–Crippen MR) is 72.3 cm³/mol. The van der Waals surface area contributed by atoms with Gasteiger partial charge in [0, 0.05) is 29.7 Å². The number of hydrogen-bond acceptors (Lipinski definition) is 2. The second-order valence-corrected chi connectivity index (χ2v) is 4.99. The summed E-state index contributed by atoms with van der Waals surface area (Å²) < 4.78 is 2.91.